The van der Waals surface area contributed by atoms with Gasteiger partial charge in [-0.25, -0.2) is 4.79 Å². The largest absolute Gasteiger partial charge is 0.383 e. The second-order valence-electron chi connectivity index (χ2n) is 7.14. The first-order chi connectivity index (χ1) is 12.2. The van der Waals surface area contributed by atoms with E-state index in [0.29, 0.717) is 30.1 Å². The molecule has 8 heteroatoms. The fourth-order valence-electron chi connectivity index (χ4n) is 3.21. The van der Waals surface area contributed by atoms with E-state index >= 15 is 0 Å². The number of likely N-dealkylation sites (tertiary alicyclic amines) is 1. The molecule has 2 amide bonds. The van der Waals surface area contributed by atoms with Crippen molar-refractivity contribution in [1.82, 2.24) is 25.3 Å². The van der Waals surface area contributed by atoms with Crippen LogP contribution in [0, 0.1) is 5.92 Å². The average Bonchev–Trinajstić information content (AvgIpc) is 3.37. The molecule has 0 unspecified atom stereocenters. The van der Waals surface area contributed by atoms with Gasteiger partial charge in [0, 0.05) is 33.2 Å². The molecule has 0 aromatic carbocycles. The van der Waals surface area contributed by atoms with Crippen LogP contribution in [0.15, 0.2) is 4.52 Å². The van der Waals surface area contributed by atoms with E-state index < -0.39 is 0 Å². The molecule has 1 aromatic rings. The number of methoxy groups -OCH3 is 1. The fraction of sp³-hybridized carbons (Fsp3) is 0.824. The van der Waals surface area contributed by atoms with E-state index in [0.717, 1.165) is 58.5 Å². The number of hydrogen-bond donors (Lipinski definition) is 1. The predicted octanol–water partition coefficient (Wildman–Crippen LogP) is 1.45. The molecule has 0 atom stereocenters. The van der Waals surface area contributed by atoms with Crippen molar-refractivity contribution in [1.29, 1.82) is 0 Å². The van der Waals surface area contributed by atoms with Crippen molar-refractivity contribution in [3.05, 3.63) is 11.7 Å². The standard InChI is InChI=1S/C17H29N5O3/c1-21(12-13-5-7-22(8-6-13)9-10-24-2)17(23)18-11-15-19-16(25-20-15)14-3-4-14/h13-14H,3-12H2,1-2H3,(H,18,23). The first kappa shape index (κ1) is 18.1. The van der Waals surface area contributed by atoms with Crippen LogP contribution in [0.1, 0.15) is 43.3 Å². The van der Waals surface area contributed by atoms with E-state index in [2.05, 4.69) is 20.4 Å². The summed E-state index contributed by atoms with van der Waals surface area (Å²) in [7, 11) is 3.58. The van der Waals surface area contributed by atoms with Crippen LogP contribution in [0.5, 0.6) is 0 Å². The van der Waals surface area contributed by atoms with Gasteiger partial charge in [0.15, 0.2) is 5.82 Å². The van der Waals surface area contributed by atoms with Gasteiger partial charge in [0.2, 0.25) is 5.89 Å². The molecule has 1 aliphatic heterocycles. The number of amides is 2. The van der Waals surface area contributed by atoms with Gasteiger partial charge in [0.25, 0.3) is 0 Å². The van der Waals surface area contributed by atoms with E-state index in [1.807, 2.05) is 7.05 Å². The maximum atomic E-state index is 12.3. The topological polar surface area (TPSA) is 83.7 Å². The van der Waals surface area contributed by atoms with Crippen LogP contribution in [0.4, 0.5) is 4.79 Å². The highest BCUT2D eigenvalue weighted by atomic mass is 16.5. The van der Waals surface area contributed by atoms with Gasteiger partial charge in [-0.3, -0.25) is 0 Å². The van der Waals surface area contributed by atoms with Gasteiger partial charge < -0.3 is 24.4 Å². The molecule has 25 heavy (non-hydrogen) atoms. The molecule has 2 aliphatic rings. The third kappa shape index (κ3) is 5.40. The van der Waals surface area contributed by atoms with Gasteiger partial charge in [-0.1, -0.05) is 5.16 Å². The van der Waals surface area contributed by atoms with Gasteiger partial charge in [-0.15, -0.1) is 0 Å². The quantitative estimate of drug-likeness (QED) is 0.763. The molecule has 8 nitrogen and oxygen atoms in total. The first-order valence-electron chi connectivity index (χ1n) is 9.18. The zero-order chi connectivity index (χ0) is 17.6. The molecular formula is C17H29N5O3. The smallest absolute Gasteiger partial charge is 0.317 e. The number of piperidine rings is 1. The summed E-state index contributed by atoms with van der Waals surface area (Å²) in [6, 6.07) is -0.0837. The number of carbonyl (C=O) groups excluding carboxylic acids is 1. The number of aromatic nitrogens is 2. The maximum absolute atomic E-state index is 12.3. The molecule has 3 rings (SSSR count). The van der Waals surface area contributed by atoms with Crippen molar-refractivity contribution in [3.8, 4) is 0 Å². The van der Waals surface area contributed by atoms with Crippen molar-refractivity contribution < 1.29 is 14.1 Å². The second-order valence-corrected chi connectivity index (χ2v) is 7.14. The second kappa shape index (κ2) is 8.62. The summed E-state index contributed by atoms with van der Waals surface area (Å²) in [5.41, 5.74) is 0. The van der Waals surface area contributed by atoms with E-state index in [1.54, 1.807) is 12.0 Å². The van der Waals surface area contributed by atoms with Crippen molar-refractivity contribution >= 4 is 6.03 Å². The van der Waals surface area contributed by atoms with Crippen molar-refractivity contribution in [3.63, 3.8) is 0 Å². The van der Waals surface area contributed by atoms with E-state index in [9.17, 15) is 4.79 Å². The Labute approximate surface area is 148 Å². The van der Waals surface area contributed by atoms with Gasteiger partial charge in [-0.05, 0) is 44.7 Å². The molecule has 1 aliphatic carbocycles. The molecule has 140 valence electrons. The third-order valence-electron chi connectivity index (χ3n) is 5.01. The maximum Gasteiger partial charge on any atom is 0.317 e. The van der Waals surface area contributed by atoms with Gasteiger partial charge in [0.1, 0.15) is 0 Å². The number of urea groups is 1. The zero-order valence-electron chi connectivity index (χ0n) is 15.2. The van der Waals surface area contributed by atoms with Gasteiger partial charge in [0.05, 0.1) is 13.2 Å². The summed E-state index contributed by atoms with van der Waals surface area (Å²) >= 11 is 0. The number of rotatable bonds is 8. The van der Waals surface area contributed by atoms with Crippen LogP contribution in [0.25, 0.3) is 0 Å². The van der Waals surface area contributed by atoms with E-state index in [4.69, 9.17) is 9.26 Å². The number of nitrogens with one attached hydrogen (secondary N) is 1. The monoisotopic (exact) mass is 351 g/mol. The van der Waals surface area contributed by atoms with E-state index in [-0.39, 0.29) is 6.03 Å². The minimum absolute atomic E-state index is 0.0837. The lowest BCUT2D eigenvalue weighted by molar-refractivity contribution is 0.112. The molecule has 1 saturated carbocycles. The van der Waals surface area contributed by atoms with Crippen molar-refractivity contribution in [2.75, 3.05) is 46.9 Å². The molecule has 1 aromatic heterocycles. The van der Waals surface area contributed by atoms with Crippen molar-refractivity contribution in [2.24, 2.45) is 5.92 Å². The zero-order valence-corrected chi connectivity index (χ0v) is 15.2. The highest BCUT2D eigenvalue weighted by Crippen LogP contribution is 2.38. The molecule has 0 radical (unpaired) electrons. The molecule has 2 fully saturated rings. The van der Waals surface area contributed by atoms with E-state index in [1.165, 1.54) is 0 Å². The summed E-state index contributed by atoms with van der Waals surface area (Å²) in [4.78, 5) is 20.8. The lowest BCUT2D eigenvalue weighted by Crippen LogP contribution is -2.43. The minimum Gasteiger partial charge on any atom is -0.383 e. The Morgan fingerprint density at radius 1 is 1.36 bits per heavy atom. The SMILES string of the molecule is COCCN1CCC(CN(C)C(=O)NCc2noc(C3CC3)n2)CC1. The normalized spacial score (nSPS) is 19.1. The summed E-state index contributed by atoms with van der Waals surface area (Å²) in [6.45, 7) is 5.03. The molecular weight excluding hydrogens is 322 g/mol. The van der Waals surface area contributed by atoms with Gasteiger partial charge in [-0.2, -0.15) is 4.98 Å². The van der Waals surface area contributed by atoms with Crippen LogP contribution in [-0.4, -0.2) is 72.9 Å². The molecule has 1 N–H and O–H groups in total. The summed E-state index contributed by atoms with van der Waals surface area (Å²) < 4.78 is 10.3. The Morgan fingerprint density at radius 2 is 2.12 bits per heavy atom. The van der Waals surface area contributed by atoms with Crippen LogP contribution in [0.2, 0.25) is 0 Å². The molecule has 1 saturated heterocycles. The Kier molecular flexibility index (Phi) is 6.25. The fourth-order valence-corrected chi connectivity index (χ4v) is 3.21. The third-order valence-corrected chi connectivity index (χ3v) is 5.01. The van der Waals surface area contributed by atoms with Crippen LogP contribution in [-0.2, 0) is 11.3 Å². The Morgan fingerprint density at radius 3 is 2.80 bits per heavy atom. The highest BCUT2D eigenvalue weighted by Gasteiger charge is 2.29. The molecule has 2 heterocycles. The highest BCUT2D eigenvalue weighted by molar-refractivity contribution is 5.73. The number of carbonyl (C=O) groups is 1. The lowest BCUT2D eigenvalue weighted by Gasteiger charge is -2.33. The summed E-state index contributed by atoms with van der Waals surface area (Å²) in [6.07, 6.45) is 4.50. The van der Waals surface area contributed by atoms with Gasteiger partial charge >= 0.3 is 6.03 Å². The van der Waals surface area contributed by atoms with Crippen LogP contribution < -0.4 is 5.32 Å². The lowest BCUT2D eigenvalue weighted by atomic mass is 9.96. The average molecular weight is 351 g/mol. The Bertz CT molecular complexity index is 552. The predicted molar refractivity (Wildman–Crippen MR) is 92.2 cm³/mol. The van der Waals surface area contributed by atoms with Crippen LogP contribution >= 0.6 is 0 Å². The first-order valence-corrected chi connectivity index (χ1v) is 9.18. The Balaban J connectivity index is 1.34. The molecule has 0 spiro atoms. The number of nitrogens with zero attached hydrogens (tertiary/aromatic N) is 4. The van der Waals surface area contributed by atoms with Crippen LogP contribution in [0.3, 0.4) is 0 Å². The summed E-state index contributed by atoms with van der Waals surface area (Å²) in [5, 5.41) is 6.79. The Hall–Kier alpha value is -1.67. The number of ether oxygens (including phenoxy) is 1. The minimum atomic E-state index is -0.0837. The summed E-state index contributed by atoms with van der Waals surface area (Å²) in [5.74, 6) is 2.25. The van der Waals surface area contributed by atoms with Crippen molar-refractivity contribution in [2.45, 2.75) is 38.1 Å². The number of hydrogen-bond acceptors (Lipinski definition) is 6. The molecule has 0 bridgehead atoms.